The number of hydrogen-bond donors (Lipinski definition) is 1. The van der Waals surface area contributed by atoms with Crippen LogP contribution in [0.3, 0.4) is 0 Å². The van der Waals surface area contributed by atoms with Crippen molar-refractivity contribution in [2.45, 2.75) is 13.2 Å². The zero-order valence-electron chi connectivity index (χ0n) is 9.42. The van der Waals surface area contributed by atoms with Crippen molar-refractivity contribution in [2.24, 2.45) is 0 Å². The molecule has 0 saturated heterocycles. The van der Waals surface area contributed by atoms with Gasteiger partial charge in [0.2, 0.25) is 5.13 Å². The van der Waals surface area contributed by atoms with Crippen molar-refractivity contribution in [1.82, 2.24) is 10.2 Å². The van der Waals surface area contributed by atoms with Crippen LogP contribution in [0.2, 0.25) is 0 Å². The van der Waals surface area contributed by atoms with Gasteiger partial charge in [-0.05, 0) is 17.7 Å². The summed E-state index contributed by atoms with van der Waals surface area (Å²) in [6, 6.07) is 7.75. The SMILES string of the molecule is COc1cccc(COCc2nnc(N)s2)c1. The summed E-state index contributed by atoms with van der Waals surface area (Å²) >= 11 is 1.34. The largest absolute Gasteiger partial charge is 0.497 e. The molecule has 1 heterocycles. The summed E-state index contributed by atoms with van der Waals surface area (Å²) in [5.74, 6) is 0.825. The van der Waals surface area contributed by atoms with E-state index < -0.39 is 0 Å². The second kappa shape index (κ2) is 5.60. The molecule has 0 atom stereocenters. The van der Waals surface area contributed by atoms with Gasteiger partial charge in [0.05, 0.1) is 13.7 Å². The van der Waals surface area contributed by atoms with Gasteiger partial charge in [0.15, 0.2) is 0 Å². The Morgan fingerprint density at radius 2 is 2.18 bits per heavy atom. The third-order valence-corrected chi connectivity index (χ3v) is 2.84. The number of rotatable bonds is 5. The maximum atomic E-state index is 5.52. The molecule has 2 rings (SSSR count). The fourth-order valence-corrected chi connectivity index (χ4v) is 1.89. The Kier molecular flexibility index (Phi) is 3.89. The van der Waals surface area contributed by atoms with Crippen LogP contribution in [-0.2, 0) is 18.0 Å². The minimum absolute atomic E-state index is 0.423. The number of ether oxygens (including phenoxy) is 2. The number of anilines is 1. The van der Waals surface area contributed by atoms with E-state index in [4.69, 9.17) is 15.2 Å². The van der Waals surface area contributed by atoms with Gasteiger partial charge in [0.25, 0.3) is 0 Å². The van der Waals surface area contributed by atoms with E-state index in [1.807, 2.05) is 24.3 Å². The Morgan fingerprint density at radius 1 is 1.29 bits per heavy atom. The molecule has 0 saturated carbocycles. The summed E-state index contributed by atoms with van der Waals surface area (Å²) in [6.45, 7) is 0.933. The first-order valence-electron chi connectivity index (χ1n) is 5.06. The fourth-order valence-electron chi connectivity index (χ4n) is 1.34. The van der Waals surface area contributed by atoms with Crippen molar-refractivity contribution in [3.05, 3.63) is 34.8 Å². The van der Waals surface area contributed by atoms with E-state index in [-0.39, 0.29) is 0 Å². The van der Waals surface area contributed by atoms with Crippen LogP contribution < -0.4 is 10.5 Å². The lowest BCUT2D eigenvalue weighted by Gasteiger charge is -2.04. The van der Waals surface area contributed by atoms with E-state index in [0.29, 0.717) is 18.3 Å². The molecule has 0 aliphatic heterocycles. The van der Waals surface area contributed by atoms with E-state index in [0.717, 1.165) is 16.3 Å². The predicted octanol–water partition coefficient (Wildman–Crippen LogP) is 1.85. The average molecular weight is 251 g/mol. The third kappa shape index (κ3) is 3.40. The van der Waals surface area contributed by atoms with Crippen molar-refractivity contribution in [3.63, 3.8) is 0 Å². The second-order valence-corrected chi connectivity index (χ2v) is 4.47. The lowest BCUT2D eigenvalue weighted by molar-refractivity contribution is 0.106. The lowest BCUT2D eigenvalue weighted by Crippen LogP contribution is -1.94. The Morgan fingerprint density at radius 3 is 2.88 bits per heavy atom. The van der Waals surface area contributed by atoms with Crippen LogP contribution in [0.15, 0.2) is 24.3 Å². The van der Waals surface area contributed by atoms with Crippen LogP contribution in [0.25, 0.3) is 0 Å². The monoisotopic (exact) mass is 251 g/mol. The van der Waals surface area contributed by atoms with Crippen LogP contribution >= 0.6 is 11.3 Å². The molecule has 17 heavy (non-hydrogen) atoms. The summed E-state index contributed by atoms with van der Waals surface area (Å²) < 4.78 is 10.6. The van der Waals surface area contributed by atoms with Gasteiger partial charge in [0.1, 0.15) is 17.4 Å². The van der Waals surface area contributed by atoms with Gasteiger partial charge >= 0.3 is 0 Å². The highest BCUT2D eigenvalue weighted by atomic mass is 32.1. The lowest BCUT2D eigenvalue weighted by atomic mass is 10.2. The third-order valence-electron chi connectivity index (χ3n) is 2.11. The molecule has 0 fully saturated rings. The van der Waals surface area contributed by atoms with Crippen molar-refractivity contribution in [2.75, 3.05) is 12.8 Å². The van der Waals surface area contributed by atoms with Gasteiger partial charge in [0, 0.05) is 0 Å². The first kappa shape index (κ1) is 11.8. The van der Waals surface area contributed by atoms with Gasteiger partial charge in [-0.25, -0.2) is 0 Å². The van der Waals surface area contributed by atoms with Gasteiger partial charge in [-0.3, -0.25) is 0 Å². The molecule has 0 bridgehead atoms. The molecular formula is C11H13N3O2S. The molecule has 1 aromatic carbocycles. The highest BCUT2D eigenvalue weighted by Gasteiger charge is 2.01. The Labute approximate surface area is 103 Å². The number of aromatic nitrogens is 2. The molecule has 0 unspecified atom stereocenters. The molecule has 6 heteroatoms. The summed E-state index contributed by atoms with van der Waals surface area (Å²) in [7, 11) is 1.64. The summed E-state index contributed by atoms with van der Waals surface area (Å²) in [5.41, 5.74) is 6.53. The Hall–Kier alpha value is -1.66. The molecule has 0 aliphatic rings. The number of nitrogens with zero attached hydrogens (tertiary/aromatic N) is 2. The Balaban J connectivity index is 1.85. The normalized spacial score (nSPS) is 10.4. The number of nitrogen functional groups attached to an aromatic ring is 1. The molecule has 2 N–H and O–H groups in total. The van der Waals surface area contributed by atoms with E-state index in [1.165, 1.54) is 11.3 Å². The summed E-state index contributed by atoms with van der Waals surface area (Å²) in [4.78, 5) is 0. The van der Waals surface area contributed by atoms with Gasteiger partial charge in [-0.15, -0.1) is 10.2 Å². The summed E-state index contributed by atoms with van der Waals surface area (Å²) in [5, 5.41) is 8.84. The topological polar surface area (TPSA) is 70.3 Å². The molecule has 1 aromatic heterocycles. The quantitative estimate of drug-likeness (QED) is 0.878. The van der Waals surface area contributed by atoms with Crippen LogP contribution in [0.4, 0.5) is 5.13 Å². The first-order chi connectivity index (χ1) is 8.28. The van der Waals surface area contributed by atoms with Crippen molar-refractivity contribution in [3.8, 4) is 5.75 Å². The molecule has 0 radical (unpaired) electrons. The Bertz CT molecular complexity index is 487. The zero-order chi connectivity index (χ0) is 12.1. The highest BCUT2D eigenvalue weighted by molar-refractivity contribution is 7.15. The molecule has 0 spiro atoms. The standard InChI is InChI=1S/C11H13N3O2S/c1-15-9-4-2-3-8(5-9)6-16-7-10-13-14-11(12)17-10/h2-5H,6-7H2,1H3,(H2,12,14). The minimum atomic E-state index is 0.423. The predicted molar refractivity (Wildman–Crippen MR) is 65.8 cm³/mol. The second-order valence-electron chi connectivity index (χ2n) is 3.38. The van der Waals surface area contributed by atoms with Crippen LogP contribution in [0, 0.1) is 0 Å². The maximum Gasteiger partial charge on any atom is 0.203 e. The smallest absolute Gasteiger partial charge is 0.203 e. The van der Waals surface area contributed by atoms with Gasteiger partial charge in [-0.1, -0.05) is 23.5 Å². The van der Waals surface area contributed by atoms with Crippen LogP contribution in [-0.4, -0.2) is 17.3 Å². The molecule has 0 amide bonds. The van der Waals surface area contributed by atoms with E-state index in [9.17, 15) is 0 Å². The van der Waals surface area contributed by atoms with E-state index >= 15 is 0 Å². The number of nitrogens with two attached hydrogens (primary N) is 1. The molecular weight excluding hydrogens is 238 g/mol. The highest BCUT2D eigenvalue weighted by Crippen LogP contribution is 2.15. The molecule has 2 aromatic rings. The molecule has 0 aliphatic carbocycles. The van der Waals surface area contributed by atoms with Crippen LogP contribution in [0.1, 0.15) is 10.6 Å². The van der Waals surface area contributed by atoms with Crippen LogP contribution in [0.5, 0.6) is 5.75 Å². The van der Waals surface area contributed by atoms with Gasteiger partial charge < -0.3 is 15.2 Å². The molecule has 90 valence electrons. The zero-order valence-corrected chi connectivity index (χ0v) is 10.2. The maximum absolute atomic E-state index is 5.52. The van der Waals surface area contributed by atoms with Gasteiger partial charge in [-0.2, -0.15) is 0 Å². The number of methoxy groups -OCH3 is 1. The summed E-state index contributed by atoms with van der Waals surface area (Å²) in [6.07, 6.45) is 0. The first-order valence-corrected chi connectivity index (χ1v) is 5.88. The van der Waals surface area contributed by atoms with E-state index in [1.54, 1.807) is 7.11 Å². The molecule has 5 nitrogen and oxygen atoms in total. The average Bonchev–Trinajstić information content (AvgIpc) is 2.75. The number of benzene rings is 1. The number of hydrogen-bond acceptors (Lipinski definition) is 6. The van der Waals surface area contributed by atoms with Crippen molar-refractivity contribution < 1.29 is 9.47 Å². The van der Waals surface area contributed by atoms with Crippen molar-refractivity contribution in [1.29, 1.82) is 0 Å². The minimum Gasteiger partial charge on any atom is -0.497 e. The fraction of sp³-hybridized carbons (Fsp3) is 0.273. The van der Waals surface area contributed by atoms with E-state index in [2.05, 4.69) is 10.2 Å². The van der Waals surface area contributed by atoms with Crippen molar-refractivity contribution >= 4 is 16.5 Å².